The molecular weight excluding hydrogens is 288 g/mol. The summed E-state index contributed by atoms with van der Waals surface area (Å²) in [5, 5.41) is 0. The zero-order chi connectivity index (χ0) is 16.2. The SMILES string of the molecule is COC1CCN(C2CCN(C(=O)c3ccc(C)cc3)CC2)CC1. The summed E-state index contributed by atoms with van der Waals surface area (Å²) in [7, 11) is 1.81. The van der Waals surface area contributed by atoms with Gasteiger partial charge in [0, 0.05) is 44.9 Å². The van der Waals surface area contributed by atoms with Crippen molar-refractivity contribution in [1.29, 1.82) is 0 Å². The lowest BCUT2D eigenvalue weighted by Gasteiger charge is -2.41. The standard InChI is InChI=1S/C19H28N2O2/c1-15-3-5-16(6-4-15)19(22)21-11-7-17(8-12-21)20-13-9-18(23-2)10-14-20/h3-6,17-18H,7-14H2,1-2H3. The average molecular weight is 316 g/mol. The van der Waals surface area contributed by atoms with Crippen LogP contribution in [0, 0.1) is 6.92 Å². The molecule has 0 N–H and O–H groups in total. The maximum absolute atomic E-state index is 12.6. The Morgan fingerprint density at radius 1 is 1.00 bits per heavy atom. The van der Waals surface area contributed by atoms with E-state index in [9.17, 15) is 4.79 Å². The molecule has 0 spiro atoms. The number of piperidine rings is 2. The topological polar surface area (TPSA) is 32.8 Å². The van der Waals surface area contributed by atoms with E-state index in [0.717, 1.165) is 57.4 Å². The monoisotopic (exact) mass is 316 g/mol. The fraction of sp³-hybridized carbons (Fsp3) is 0.632. The van der Waals surface area contributed by atoms with Gasteiger partial charge in [-0.1, -0.05) is 17.7 Å². The lowest BCUT2D eigenvalue weighted by atomic mass is 9.98. The number of carbonyl (C=O) groups is 1. The van der Waals surface area contributed by atoms with Crippen LogP contribution < -0.4 is 0 Å². The van der Waals surface area contributed by atoms with Gasteiger partial charge in [-0.2, -0.15) is 0 Å². The molecule has 4 nitrogen and oxygen atoms in total. The van der Waals surface area contributed by atoms with Gasteiger partial charge in [0.25, 0.3) is 5.91 Å². The van der Waals surface area contributed by atoms with Crippen LogP contribution in [0.5, 0.6) is 0 Å². The van der Waals surface area contributed by atoms with Crippen LogP contribution >= 0.6 is 0 Å². The summed E-state index contributed by atoms with van der Waals surface area (Å²) in [6.07, 6.45) is 4.90. The van der Waals surface area contributed by atoms with Gasteiger partial charge in [-0.05, 0) is 44.7 Å². The van der Waals surface area contributed by atoms with Crippen LogP contribution in [0.1, 0.15) is 41.6 Å². The van der Waals surface area contributed by atoms with E-state index in [1.807, 2.05) is 43.2 Å². The van der Waals surface area contributed by atoms with E-state index in [0.29, 0.717) is 12.1 Å². The molecule has 3 rings (SSSR count). The van der Waals surface area contributed by atoms with Crippen molar-refractivity contribution in [3.63, 3.8) is 0 Å². The van der Waals surface area contributed by atoms with Crippen LogP contribution in [0.4, 0.5) is 0 Å². The zero-order valence-corrected chi connectivity index (χ0v) is 14.3. The van der Waals surface area contributed by atoms with Crippen LogP contribution in [0.15, 0.2) is 24.3 Å². The van der Waals surface area contributed by atoms with Gasteiger partial charge in [-0.25, -0.2) is 0 Å². The van der Waals surface area contributed by atoms with Gasteiger partial charge >= 0.3 is 0 Å². The molecule has 0 aromatic heterocycles. The lowest BCUT2D eigenvalue weighted by molar-refractivity contribution is 0.0145. The quantitative estimate of drug-likeness (QED) is 0.859. The Hall–Kier alpha value is -1.39. The molecule has 0 atom stereocenters. The summed E-state index contributed by atoms with van der Waals surface area (Å²) < 4.78 is 5.45. The third-order valence-corrected chi connectivity index (χ3v) is 5.38. The maximum Gasteiger partial charge on any atom is 0.253 e. The summed E-state index contributed by atoms with van der Waals surface area (Å²) >= 11 is 0. The minimum Gasteiger partial charge on any atom is -0.381 e. The van der Waals surface area contributed by atoms with Crippen molar-refractivity contribution in [2.75, 3.05) is 33.3 Å². The first-order valence-electron chi connectivity index (χ1n) is 8.80. The Kier molecular flexibility index (Phi) is 5.34. The molecule has 4 heteroatoms. The predicted molar refractivity (Wildman–Crippen MR) is 91.7 cm³/mol. The zero-order valence-electron chi connectivity index (χ0n) is 14.3. The highest BCUT2D eigenvalue weighted by Gasteiger charge is 2.29. The summed E-state index contributed by atoms with van der Waals surface area (Å²) in [6.45, 7) is 6.07. The third kappa shape index (κ3) is 3.93. The number of rotatable bonds is 3. The van der Waals surface area contributed by atoms with Crippen molar-refractivity contribution in [2.45, 2.75) is 44.8 Å². The molecule has 1 aromatic carbocycles. The van der Waals surface area contributed by atoms with Gasteiger partial charge in [0.05, 0.1) is 6.10 Å². The Morgan fingerprint density at radius 3 is 2.17 bits per heavy atom. The number of likely N-dealkylation sites (tertiary alicyclic amines) is 2. The van der Waals surface area contributed by atoms with Crippen LogP contribution in [-0.4, -0.2) is 61.1 Å². The van der Waals surface area contributed by atoms with Gasteiger partial charge in [0.15, 0.2) is 0 Å². The largest absolute Gasteiger partial charge is 0.381 e. The molecule has 0 saturated carbocycles. The molecule has 2 saturated heterocycles. The van der Waals surface area contributed by atoms with Gasteiger partial charge in [-0.15, -0.1) is 0 Å². The summed E-state index contributed by atoms with van der Waals surface area (Å²) in [5.74, 6) is 0.182. The average Bonchev–Trinajstić information content (AvgIpc) is 2.62. The van der Waals surface area contributed by atoms with Crippen LogP contribution in [-0.2, 0) is 4.74 Å². The second-order valence-corrected chi connectivity index (χ2v) is 6.86. The minimum atomic E-state index is 0.182. The number of ether oxygens (including phenoxy) is 1. The molecule has 0 bridgehead atoms. The lowest BCUT2D eigenvalue weighted by Crippen LogP contribution is -2.49. The molecule has 126 valence electrons. The number of carbonyl (C=O) groups excluding carboxylic acids is 1. The summed E-state index contributed by atoms with van der Waals surface area (Å²) in [5.41, 5.74) is 2.01. The van der Waals surface area contributed by atoms with Crippen LogP contribution in [0.3, 0.4) is 0 Å². The number of aryl methyl sites for hydroxylation is 1. The highest BCUT2D eigenvalue weighted by molar-refractivity contribution is 5.94. The first-order chi connectivity index (χ1) is 11.2. The van der Waals surface area contributed by atoms with Crippen molar-refractivity contribution in [1.82, 2.24) is 9.80 Å². The third-order valence-electron chi connectivity index (χ3n) is 5.38. The molecule has 1 aromatic rings. The molecule has 0 unspecified atom stereocenters. The van der Waals surface area contributed by atoms with Crippen LogP contribution in [0.25, 0.3) is 0 Å². The predicted octanol–water partition coefficient (Wildman–Crippen LogP) is 2.71. The molecule has 0 radical (unpaired) electrons. The molecule has 2 fully saturated rings. The van der Waals surface area contributed by atoms with Crippen molar-refractivity contribution in [3.05, 3.63) is 35.4 Å². The van der Waals surface area contributed by atoms with E-state index in [-0.39, 0.29) is 5.91 Å². The maximum atomic E-state index is 12.6. The molecule has 0 aliphatic carbocycles. The van der Waals surface area contributed by atoms with Crippen molar-refractivity contribution in [2.24, 2.45) is 0 Å². The Bertz CT molecular complexity index is 513. The number of benzene rings is 1. The normalized spacial score (nSPS) is 21.6. The Morgan fingerprint density at radius 2 is 1.61 bits per heavy atom. The fourth-order valence-electron chi connectivity index (χ4n) is 3.79. The summed E-state index contributed by atoms with van der Waals surface area (Å²) in [4.78, 5) is 17.2. The van der Waals surface area contributed by atoms with Gasteiger partial charge < -0.3 is 14.5 Å². The van der Waals surface area contributed by atoms with E-state index in [1.54, 1.807) is 0 Å². The van der Waals surface area contributed by atoms with E-state index in [4.69, 9.17) is 4.74 Å². The highest BCUT2D eigenvalue weighted by Crippen LogP contribution is 2.23. The first-order valence-corrected chi connectivity index (χ1v) is 8.80. The molecule has 23 heavy (non-hydrogen) atoms. The van der Waals surface area contributed by atoms with E-state index in [2.05, 4.69) is 4.90 Å². The fourth-order valence-corrected chi connectivity index (χ4v) is 3.79. The molecule has 1 amide bonds. The first kappa shape index (κ1) is 16.5. The van der Waals surface area contributed by atoms with Crippen molar-refractivity contribution < 1.29 is 9.53 Å². The smallest absolute Gasteiger partial charge is 0.253 e. The minimum absolute atomic E-state index is 0.182. The number of methoxy groups -OCH3 is 1. The van der Waals surface area contributed by atoms with Gasteiger partial charge in [-0.3, -0.25) is 4.79 Å². The molecule has 2 aliphatic rings. The number of amides is 1. The number of hydrogen-bond donors (Lipinski definition) is 0. The molecule has 2 aliphatic heterocycles. The molecular formula is C19H28N2O2. The number of nitrogens with zero attached hydrogens (tertiary/aromatic N) is 2. The van der Waals surface area contributed by atoms with Crippen LogP contribution in [0.2, 0.25) is 0 Å². The van der Waals surface area contributed by atoms with E-state index in [1.165, 1.54) is 5.56 Å². The van der Waals surface area contributed by atoms with Crippen molar-refractivity contribution in [3.8, 4) is 0 Å². The van der Waals surface area contributed by atoms with Crippen molar-refractivity contribution >= 4 is 5.91 Å². The Labute approximate surface area is 139 Å². The molecule has 2 heterocycles. The second-order valence-electron chi connectivity index (χ2n) is 6.86. The van der Waals surface area contributed by atoms with E-state index >= 15 is 0 Å². The Balaban J connectivity index is 1.50. The van der Waals surface area contributed by atoms with Gasteiger partial charge in [0.2, 0.25) is 0 Å². The summed E-state index contributed by atoms with van der Waals surface area (Å²) in [6, 6.07) is 8.55. The second kappa shape index (κ2) is 7.45. The van der Waals surface area contributed by atoms with E-state index < -0.39 is 0 Å². The number of hydrogen-bond acceptors (Lipinski definition) is 3. The van der Waals surface area contributed by atoms with Gasteiger partial charge in [0.1, 0.15) is 0 Å². The highest BCUT2D eigenvalue weighted by atomic mass is 16.5.